The molecule has 0 saturated heterocycles. The van der Waals surface area contributed by atoms with Crippen LogP contribution in [0.1, 0.15) is 12.5 Å². The van der Waals surface area contributed by atoms with Gasteiger partial charge in [0.1, 0.15) is 13.2 Å². The van der Waals surface area contributed by atoms with Gasteiger partial charge in [-0.05, 0) is 37.3 Å². The summed E-state index contributed by atoms with van der Waals surface area (Å²) in [6, 6.07) is 4.27. The van der Waals surface area contributed by atoms with E-state index >= 15 is 0 Å². The summed E-state index contributed by atoms with van der Waals surface area (Å²) >= 11 is 1.72. The lowest BCUT2D eigenvalue weighted by Crippen LogP contribution is -2.19. The van der Waals surface area contributed by atoms with Crippen molar-refractivity contribution in [2.75, 3.05) is 19.5 Å². The molecular weight excluding hydrogens is 222 g/mol. The van der Waals surface area contributed by atoms with E-state index in [-0.39, 0.29) is 6.04 Å². The fourth-order valence-electron chi connectivity index (χ4n) is 1.81. The third-order valence-electron chi connectivity index (χ3n) is 2.49. The Hall–Kier alpha value is -0.870. The van der Waals surface area contributed by atoms with Crippen molar-refractivity contribution in [3.8, 4) is 11.5 Å². The molecule has 0 radical (unpaired) electrons. The monoisotopic (exact) mass is 239 g/mol. The highest BCUT2D eigenvalue weighted by atomic mass is 32.2. The van der Waals surface area contributed by atoms with Crippen LogP contribution in [-0.2, 0) is 6.42 Å². The first-order valence-corrected chi connectivity index (χ1v) is 6.65. The van der Waals surface area contributed by atoms with Gasteiger partial charge in [-0.15, -0.1) is 11.8 Å². The number of hydrogen-bond acceptors (Lipinski definition) is 4. The highest BCUT2D eigenvalue weighted by molar-refractivity contribution is 7.98. The number of benzene rings is 1. The average Bonchev–Trinajstić information content (AvgIpc) is 2.27. The number of thioether (sulfide) groups is 1. The van der Waals surface area contributed by atoms with Gasteiger partial charge >= 0.3 is 0 Å². The van der Waals surface area contributed by atoms with Crippen LogP contribution in [0.2, 0.25) is 0 Å². The highest BCUT2D eigenvalue weighted by Crippen LogP contribution is 2.36. The van der Waals surface area contributed by atoms with Crippen LogP contribution in [0.3, 0.4) is 0 Å². The number of hydrogen-bond donors (Lipinski definition) is 1. The quantitative estimate of drug-likeness (QED) is 0.820. The number of rotatable bonds is 3. The van der Waals surface area contributed by atoms with Crippen molar-refractivity contribution in [3.63, 3.8) is 0 Å². The first kappa shape index (κ1) is 11.6. The Morgan fingerprint density at radius 1 is 1.31 bits per heavy atom. The summed E-state index contributed by atoms with van der Waals surface area (Å²) in [5.74, 6) is 1.70. The molecule has 1 aromatic carbocycles. The van der Waals surface area contributed by atoms with Crippen molar-refractivity contribution in [1.82, 2.24) is 0 Å². The molecule has 16 heavy (non-hydrogen) atoms. The van der Waals surface area contributed by atoms with Crippen molar-refractivity contribution < 1.29 is 9.47 Å². The van der Waals surface area contributed by atoms with Crippen LogP contribution in [-0.4, -0.2) is 25.5 Å². The van der Waals surface area contributed by atoms with E-state index in [0.717, 1.165) is 17.9 Å². The normalized spacial score (nSPS) is 15.9. The van der Waals surface area contributed by atoms with Gasteiger partial charge in [-0.1, -0.05) is 0 Å². The lowest BCUT2D eigenvalue weighted by molar-refractivity contribution is 0.171. The van der Waals surface area contributed by atoms with Crippen molar-refractivity contribution in [1.29, 1.82) is 0 Å². The molecule has 2 rings (SSSR count). The van der Waals surface area contributed by atoms with Crippen LogP contribution in [0.15, 0.2) is 17.0 Å². The predicted octanol–water partition coefficient (Wildman–Crippen LogP) is 2.07. The Morgan fingerprint density at radius 3 is 2.50 bits per heavy atom. The molecule has 0 aromatic heterocycles. The van der Waals surface area contributed by atoms with Crippen LogP contribution in [0.4, 0.5) is 0 Å². The van der Waals surface area contributed by atoms with Gasteiger partial charge in [0.15, 0.2) is 11.5 Å². The SMILES string of the molecule is CSc1cc2c(cc1CC(C)N)OCCO2. The van der Waals surface area contributed by atoms with Gasteiger partial charge in [0.25, 0.3) is 0 Å². The van der Waals surface area contributed by atoms with Crippen LogP contribution in [0, 0.1) is 0 Å². The smallest absolute Gasteiger partial charge is 0.162 e. The van der Waals surface area contributed by atoms with Gasteiger partial charge in [-0.2, -0.15) is 0 Å². The molecule has 0 saturated carbocycles. The van der Waals surface area contributed by atoms with Gasteiger partial charge in [0.2, 0.25) is 0 Å². The van der Waals surface area contributed by atoms with E-state index < -0.39 is 0 Å². The standard InChI is InChI=1S/C12H17NO2S/c1-8(13)5-9-6-10-11(7-12(9)16-2)15-4-3-14-10/h6-8H,3-5,13H2,1-2H3. The van der Waals surface area contributed by atoms with Crippen molar-refractivity contribution in [3.05, 3.63) is 17.7 Å². The summed E-state index contributed by atoms with van der Waals surface area (Å²) in [6.45, 7) is 3.28. The van der Waals surface area contributed by atoms with Crippen molar-refractivity contribution in [2.45, 2.75) is 24.3 Å². The second-order valence-corrected chi connectivity index (χ2v) is 4.84. The van der Waals surface area contributed by atoms with Crippen LogP contribution >= 0.6 is 11.8 Å². The molecule has 0 aliphatic carbocycles. The van der Waals surface area contributed by atoms with Crippen LogP contribution in [0.5, 0.6) is 11.5 Å². The molecule has 0 bridgehead atoms. The zero-order chi connectivity index (χ0) is 11.5. The summed E-state index contributed by atoms with van der Waals surface area (Å²) in [4.78, 5) is 1.22. The van der Waals surface area contributed by atoms with E-state index in [4.69, 9.17) is 15.2 Å². The Bertz CT molecular complexity index is 380. The Morgan fingerprint density at radius 2 is 1.94 bits per heavy atom. The van der Waals surface area contributed by atoms with Gasteiger partial charge in [0.05, 0.1) is 0 Å². The maximum atomic E-state index is 5.84. The second-order valence-electron chi connectivity index (χ2n) is 3.99. The molecular formula is C12H17NO2S. The molecule has 3 nitrogen and oxygen atoms in total. The van der Waals surface area contributed by atoms with Gasteiger partial charge in [-0.3, -0.25) is 0 Å². The van der Waals surface area contributed by atoms with Gasteiger partial charge in [-0.25, -0.2) is 0 Å². The zero-order valence-corrected chi connectivity index (χ0v) is 10.5. The van der Waals surface area contributed by atoms with E-state index in [0.29, 0.717) is 13.2 Å². The van der Waals surface area contributed by atoms with E-state index in [2.05, 4.69) is 18.4 Å². The van der Waals surface area contributed by atoms with E-state index in [9.17, 15) is 0 Å². The molecule has 1 aliphatic rings. The van der Waals surface area contributed by atoms with Crippen LogP contribution in [0.25, 0.3) is 0 Å². The third kappa shape index (κ3) is 2.44. The Kier molecular flexibility index (Phi) is 3.61. The number of ether oxygens (including phenoxy) is 2. The summed E-state index contributed by atoms with van der Waals surface area (Å²) in [5.41, 5.74) is 7.09. The van der Waals surface area contributed by atoms with Crippen molar-refractivity contribution >= 4 is 11.8 Å². The molecule has 0 fully saturated rings. The summed E-state index contributed by atoms with van der Waals surface area (Å²) < 4.78 is 11.1. The maximum Gasteiger partial charge on any atom is 0.162 e. The molecule has 88 valence electrons. The number of nitrogens with two attached hydrogens (primary N) is 1. The average molecular weight is 239 g/mol. The molecule has 0 spiro atoms. The summed E-state index contributed by atoms with van der Waals surface area (Å²) in [7, 11) is 0. The molecule has 1 heterocycles. The minimum atomic E-state index is 0.161. The largest absolute Gasteiger partial charge is 0.486 e. The second kappa shape index (κ2) is 4.97. The lowest BCUT2D eigenvalue weighted by Gasteiger charge is -2.21. The van der Waals surface area contributed by atoms with Crippen LogP contribution < -0.4 is 15.2 Å². The molecule has 1 aliphatic heterocycles. The molecule has 0 amide bonds. The molecule has 1 atom stereocenters. The Balaban J connectivity index is 2.35. The van der Waals surface area contributed by atoms with E-state index in [1.54, 1.807) is 11.8 Å². The summed E-state index contributed by atoms with van der Waals surface area (Å²) in [6.07, 6.45) is 2.93. The van der Waals surface area contributed by atoms with E-state index in [1.165, 1.54) is 10.5 Å². The minimum absolute atomic E-state index is 0.161. The summed E-state index contributed by atoms with van der Waals surface area (Å²) in [5, 5.41) is 0. The fraction of sp³-hybridized carbons (Fsp3) is 0.500. The fourth-order valence-corrected chi connectivity index (χ4v) is 2.44. The molecule has 4 heteroatoms. The zero-order valence-electron chi connectivity index (χ0n) is 9.66. The molecule has 2 N–H and O–H groups in total. The van der Waals surface area contributed by atoms with E-state index in [1.807, 2.05) is 6.92 Å². The van der Waals surface area contributed by atoms with Gasteiger partial charge < -0.3 is 15.2 Å². The highest BCUT2D eigenvalue weighted by Gasteiger charge is 2.15. The first-order valence-electron chi connectivity index (χ1n) is 5.43. The molecule has 1 unspecified atom stereocenters. The minimum Gasteiger partial charge on any atom is -0.486 e. The predicted molar refractivity (Wildman–Crippen MR) is 66.6 cm³/mol. The third-order valence-corrected chi connectivity index (χ3v) is 3.31. The first-order chi connectivity index (χ1) is 7.70. The molecule has 1 aromatic rings. The van der Waals surface area contributed by atoms with Crippen molar-refractivity contribution in [2.24, 2.45) is 5.73 Å². The lowest BCUT2D eigenvalue weighted by atomic mass is 10.1. The van der Waals surface area contributed by atoms with Gasteiger partial charge in [0, 0.05) is 10.9 Å². The topological polar surface area (TPSA) is 44.5 Å². The maximum absolute atomic E-state index is 5.84. The Labute approximate surface area is 100 Å². The number of fused-ring (bicyclic) bond motifs is 1.